The number of carbonyl (C=O) groups is 1. The van der Waals surface area contributed by atoms with Crippen molar-refractivity contribution in [2.24, 2.45) is 0 Å². The van der Waals surface area contributed by atoms with Crippen LogP contribution in [-0.2, 0) is 19.4 Å². The predicted octanol–water partition coefficient (Wildman–Crippen LogP) is 2.26. The summed E-state index contributed by atoms with van der Waals surface area (Å²) in [4.78, 5) is 11.0. The molecule has 0 saturated carbocycles. The minimum Gasteiger partial charge on any atom is -1.00 e. The smallest absolute Gasteiger partial charge is 1.00 e. The van der Waals surface area contributed by atoms with Gasteiger partial charge in [-0.3, -0.25) is 0 Å². The molecule has 0 amide bonds. The molecule has 0 fully saturated rings. The van der Waals surface area contributed by atoms with Gasteiger partial charge < -0.3 is 16.0 Å². The zero-order chi connectivity index (χ0) is 19.8. The molecule has 4 nitrogen and oxygen atoms in total. The summed E-state index contributed by atoms with van der Waals surface area (Å²) in [5.74, 6) is 0.611. The Labute approximate surface area is 195 Å². The van der Waals surface area contributed by atoms with Crippen molar-refractivity contribution in [2.75, 3.05) is 6.61 Å². The van der Waals surface area contributed by atoms with Crippen molar-refractivity contribution in [3.63, 3.8) is 0 Å². The van der Waals surface area contributed by atoms with Crippen molar-refractivity contribution in [1.82, 2.24) is 0 Å². The van der Waals surface area contributed by atoms with Crippen molar-refractivity contribution >= 4 is 5.97 Å². The number of rotatable bonds is 9. The average molecular weight is 400 g/mol. The van der Waals surface area contributed by atoms with Crippen LogP contribution in [0.25, 0.3) is 0 Å². The molecule has 0 bridgehead atoms. The quantitative estimate of drug-likeness (QED) is 0.560. The van der Waals surface area contributed by atoms with E-state index < -0.39 is 5.97 Å². The van der Waals surface area contributed by atoms with Crippen LogP contribution in [0.5, 0.6) is 11.5 Å². The van der Waals surface area contributed by atoms with Crippen molar-refractivity contribution < 1.29 is 50.4 Å². The van der Waals surface area contributed by atoms with Crippen molar-refractivity contribution in [3.8, 4) is 11.5 Å². The van der Waals surface area contributed by atoms with E-state index in [1.165, 1.54) is 0 Å². The van der Waals surface area contributed by atoms with Gasteiger partial charge in [0.25, 0.3) is 0 Å². The van der Waals surface area contributed by atoms with E-state index in [9.17, 15) is 4.79 Å². The number of aryl methyl sites for hydroxylation is 2. The summed E-state index contributed by atoms with van der Waals surface area (Å²) < 4.78 is 11.9. The average Bonchev–Trinajstić information content (AvgIpc) is 2.73. The molecule has 3 rings (SSSR count). The Morgan fingerprint density at radius 1 is 0.862 bits per heavy atom. The van der Waals surface area contributed by atoms with Crippen LogP contribution in [0.2, 0.25) is 0 Å². The first-order valence-electron chi connectivity index (χ1n) is 9.41. The monoisotopic (exact) mass is 400 g/mol. The first kappa shape index (κ1) is 23.0. The summed E-state index contributed by atoms with van der Waals surface area (Å²) in [6.45, 7) is 3.00. The molecule has 0 spiro atoms. The van der Waals surface area contributed by atoms with Crippen LogP contribution in [0, 0.1) is 0 Å². The third kappa shape index (κ3) is 6.64. The molecule has 0 aliphatic heterocycles. The number of carboxylic acid groups (broad SMARTS) is 1. The van der Waals surface area contributed by atoms with Gasteiger partial charge in [0, 0.05) is 0 Å². The maximum absolute atomic E-state index is 11.0. The molecule has 0 saturated heterocycles. The van der Waals surface area contributed by atoms with Crippen LogP contribution in [-0.4, -0.2) is 17.7 Å². The number of aromatic carboxylic acids is 1. The van der Waals surface area contributed by atoms with Gasteiger partial charge in [-0.25, -0.2) is 4.79 Å². The van der Waals surface area contributed by atoms with E-state index in [1.54, 1.807) is 12.1 Å². The number of hydrogen-bond donors (Lipinski definition) is 1. The molecule has 29 heavy (non-hydrogen) atoms. The van der Waals surface area contributed by atoms with E-state index in [2.05, 4.69) is 6.07 Å². The zero-order valence-corrected chi connectivity index (χ0v) is 18.9. The van der Waals surface area contributed by atoms with Gasteiger partial charge in [-0.1, -0.05) is 54.6 Å². The number of carboxylic acids is 1. The van der Waals surface area contributed by atoms with Crippen molar-refractivity contribution in [3.05, 3.63) is 95.1 Å². The van der Waals surface area contributed by atoms with Gasteiger partial charge in [0.05, 0.1) is 12.2 Å². The Morgan fingerprint density at radius 2 is 1.59 bits per heavy atom. The molecule has 0 aliphatic carbocycles. The molecule has 146 valence electrons. The Balaban J connectivity index is 0.00000225. The number of benzene rings is 3. The molecule has 5 heteroatoms. The largest absolute Gasteiger partial charge is 1.00 e. The molecule has 0 radical (unpaired) electrons. The normalized spacial score (nSPS) is 10.1. The molecule has 0 aromatic heterocycles. The summed E-state index contributed by atoms with van der Waals surface area (Å²) in [7, 11) is 0. The molecule has 1 N–H and O–H groups in total. The molecular formula is C24H25NaO4. The van der Waals surface area contributed by atoms with E-state index in [-0.39, 0.29) is 31.0 Å². The molecule has 0 heterocycles. The Morgan fingerprint density at radius 3 is 2.24 bits per heavy atom. The second-order valence-electron chi connectivity index (χ2n) is 6.45. The zero-order valence-electron chi connectivity index (χ0n) is 17.9. The van der Waals surface area contributed by atoms with Gasteiger partial charge in [-0.15, -0.1) is 0 Å². The van der Waals surface area contributed by atoms with Gasteiger partial charge in [0.2, 0.25) is 0 Å². The first-order chi connectivity index (χ1) is 13.7. The van der Waals surface area contributed by atoms with E-state index in [0.717, 1.165) is 41.0 Å². The van der Waals surface area contributed by atoms with Gasteiger partial charge in [-0.2, -0.15) is 0 Å². The van der Waals surface area contributed by atoms with Crippen molar-refractivity contribution in [2.45, 2.75) is 26.4 Å². The van der Waals surface area contributed by atoms with Crippen LogP contribution >= 0.6 is 0 Å². The molecule has 0 aliphatic rings. The molecule has 3 aromatic rings. The van der Waals surface area contributed by atoms with Crippen LogP contribution < -0.4 is 39.0 Å². The maximum atomic E-state index is 11.0. The van der Waals surface area contributed by atoms with Crippen LogP contribution in [0.4, 0.5) is 0 Å². The fourth-order valence-electron chi connectivity index (χ4n) is 3.01. The number of para-hydroxylation sites is 1. The topological polar surface area (TPSA) is 55.8 Å². The van der Waals surface area contributed by atoms with Crippen LogP contribution in [0.1, 0.15) is 35.4 Å². The first-order valence-corrected chi connectivity index (χ1v) is 9.41. The van der Waals surface area contributed by atoms with Crippen LogP contribution in [0.3, 0.4) is 0 Å². The second-order valence-corrected chi connectivity index (χ2v) is 6.45. The Kier molecular flexibility index (Phi) is 9.26. The van der Waals surface area contributed by atoms with Gasteiger partial charge in [-0.05, 0) is 54.7 Å². The van der Waals surface area contributed by atoms with Gasteiger partial charge in [0.15, 0.2) is 11.5 Å². The predicted molar refractivity (Wildman–Crippen MR) is 110 cm³/mol. The fourth-order valence-corrected chi connectivity index (χ4v) is 3.01. The standard InChI is InChI=1S/C24H24O4.Na.H/c1-2-27-22-10-6-9-20(23(22)28-17-19-7-4-3-5-8-19)14-11-18-12-15-21(16-13-18)24(25)26;;/h3-10,12-13,15-16H,2,11,14,17H2,1H3,(H,25,26);;/q;+1;-1. The Hall–Kier alpha value is -2.27. The number of hydrogen-bond acceptors (Lipinski definition) is 3. The summed E-state index contributed by atoms with van der Waals surface area (Å²) >= 11 is 0. The summed E-state index contributed by atoms with van der Waals surface area (Å²) in [5, 5.41) is 9.02. The van der Waals surface area contributed by atoms with Gasteiger partial charge >= 0.3 is 35.5 Å². The Bertz CT molecular complexity index is 914. The van der Waals surface area contributed by atoms with E-state index >= 15 is 0 Å². The third-order valence-corrected chi connectivity index (χ3v) is 4.47. The molecular weight excluding hydrogens is 375 g/mol. The second kappa shape index (κ2) is 11.7. The number of ether oxygens (including phenoxy) is 2. The van der Waals surface area contributed by atoms with Crippen molar-refractivity contribution in [1.29, 1.82) is 0 Å². The maximum Gasteiger partial charge on any atom is 1.00 e. The van der Waals surface area contributed by atoms with E-state index in [4.69, 9.17) is 14.6 Å². The molecule has 0 unspecified atom stereocenters. The van der Waals surface area contributed by atoms with Gasteiger partial charge in [0.1, 0.15) is 6.61 Å². The SMILES string of the molecule is CCOc1cccc(CCc2ccc(C(=O)O)cc2)c1OCc1ccccc1.[H-].[Na+]. The van der Waals surface area contributed by atoms with E-state index in [0.29, 0.717) is 18.8 Å². The fraction of sp³-hybridized carbons (Fsp3) is 0.208. The molecule has 3 aromatic carbocycles. The van der Waals surface area contributed by atoms with E-state index in [1.807, 2.05) is 61.5 Å². The minimum absolute atomic E-state index is 0. The summed E-state index contributed by atoms with van der Waals surface area (Å²) in [5.41, 5.74) is 3.56. The molecule has 0 atom stereocenters. The summed E-state index contributed by atoms with van der Waals surface area (Å²) in [6.07, 6.45) is 1.56. The van der Waals surface area contributed by atoms with Crippen LogP contribution in [0.15, 0.2) is 72.8 Å². The summed E-state index contributed by atoms with van der Waals surface area (Å²) in [6, 6.07) is 23.0. The third-order valence-electron chi connectivity index (χ3n) is 4.47. The minimum atomic E-state index is -0.910.